The summed E-state index contributed by atoms with van der Waals surface area (Å²) in [5.74, 6) is -0.0926. The number of halogens is 2. The monoisotopic (exact) mass is 411 g/mol. The molecule has 1 aliphatic carbocycles. The maximum absolute atomic E-state index is 12.1. The van der Waals surface area contributed by atoms with E-state index in [0.29, 0.717) is 0 Å². The van der Waals surface area contributed by atoms with Crippen LogP contribution in [0.5, 0.6) is 0 Å². The molecule has 2 N–H and O–H groups in total. The number of benzene rings is 1. The van der Waals surface area contributed by atoms with Gasteiger partial charge in [-0.25, -0.2) is 5.43 Å². The number of para-hydroxylation sites is 1. The summed E-state index contributed by atoms with van der Waals surface area (Å²) in [5, 5.41) is 5.21. The van der Waals surface area contributed by atoms with E-state index in [9.17, 15) is 4.79 Å². The van der Waals surface area contributed by atoms with Crippen molar-refractivity contribution in [2.45, 2.75) is 23.5 Å². The molecule has 0 saturated heterocycles. The van der Waals surface area contributed by atoms with E-state index in [-0.39, 0.29) is 9.14 Å². The molecule has 0 spiro atoms. The van der Waals surface area contributed by atoms with Crippen LogP contribution in [0, 0.1) is 12.3 Å². The molecule has 1 fully saturated rings. The molecular weight excluding hydrogens is 398 g/mol. The van der Waals surface area contributed by atoms with E-state index >= 15 is 0 Å². The van der Waals surface area contributed by atoms with Gasteiger partial charge in [-0.2, -0.15) is 5.10 Å². The van der Waals surface area contributed by atoms with E-state index in [1.165, 1.54) is 0 Å². The zero-order valence-electron chi connectivity index (χ0n) is 11.7. The number of nitrogens with zero attached hydrogens (tertiary/aromatic N) is 1. The van der Waals surface area contributed by atoms with E-state index in [1.54, 1.807) is 6.21 Å². The van der Waals surface area contributed by atoms with Gasteiger partial charge in [0.2, 0.25) is 5.91 Å². The number of nitrogens with one attached hydrogen (secondary N) is 2. The first-order chi connectivity index (χ1) is 9.85. The largest absolute Gasteiger partial charge is 0.358 e. The van der Waals surface area contributed by atoms with E-state index in [4.69, 9.17) is 0 Å². The number of hydrogen-bond acceptors (Lipinski definition) is 2. The lowest BCUT2D eigenvalue weighted by Gasteiger charge is -2.09. The van der Waals surface area contributed by atoms with Crippen LogP contribution in [-0.4, -0.2) is 20.3 Å². The van der Waals surface area contributed by atoms with Gasteiger partial charge in [0.05, 0.1) is 14.9 Å². The van der Waals surface area contributed by atoms with Crippen LogP contribution < -0.4 is 5.43 Å². The maximum atomic E-state index is 12.1. The van der Waals surface area contributed by atoms with E-state index in [2.05, 4.69) is 47.4 Å². The molecular formula is C15H15Br2N3O. The van der Waals surface area contributed by atoms with Crippen LogP contribution in [0.3, 0.4) is 0 Å². The van der Waals surface area contributed by atoms with Gasteiger partial charge in [0, 0.05) is 22.2 Å². The topological polar surface area (TPSA) is 57.2 Å². The van der Waals surface area contributed by atoms with Gasteiger partial charge in [-0.3, -0.25) is 4.79 Å². The average Bonchev–Trinajstić information content (AvgIpc) is 2.79. The van der Waals surface area contributed by atoms with Crippen molar-refractivity contribution in [1.82, 2.24) is 10.4 Å². The van der Waals surface area contributed by atoms with Crippen LogP contribution in [0.2, 0.25) is 0 Å². The Hall–Kier alpha value is -1.14. The Labute approximate surface area is 139 Å². The van der Waals surface area contributed by atoms with Crippen molar-refractivity contribution < 1.29 is 4.79 Å². The van der Waals surface area contributed by atoms with Crippen molar-refractivity contribution in [3.8, 4) is 0 Å². The zero-order chi connectivity index (χ0) is 15.3. The molecule has 0 radical (unpaired) electrons. The Morgan fingerprint density at radius 2 is 2.10 bits per heavy atom. The second-order valence-corrected chi connectivity index (χ2v) is 9.39. The Kier molecular flexibility index (Phi) is 3.48. The molecule has 2 aromatic rings. The number of carbonyl (C=O) groups is 1. The van der Waals surface area contributed by atoms with Crippen molar-refractivity contribution in [1.29, 1.82) is 0 Å². The van der Waals surface area contributed by atoms with Crippen molar-refractivity contribution >= 4 is 54.9 Å². The van der Waals surface area contributed by atoms with E-state index in [0.717, 1.165) is 28.6 Å². The number of H-pyrrole nitrogens is 1. The van der Waals surface area contributed by atoms with E-state index < -0.39 is 5.41 Å². The summed E-state index contributed by atoms with van der Waals surface area (Å²) in [6.45, 7) is 3.89. The minimum absolute atomic E-state index is 0.0926. The number of aromatic amines is 1. The molecule has 1 aliphatic rings. The normalized spacial score (nSPS) is 23.6. The summed E-state index contributed by atoms with van der Waals surface area (Å²) in [6, 6.07) is 8.03. The molecule has 1 heterocycles. The number of fused-ring (bicyclic) bond motifs is 1. The number of alkyl halides is 2. The zero-order valence-corrected chi connectivity index (χ0v) is 14.9. The van der Waals surface area contributed by atoms with Gasteiger partial charge in [-0.15, -0.1) is 0 Å². The lowest BCUT2D eigenvalue weighted by atomic mass is 10.1. The van der Waals surface area contributed by atoms with Crippen LogP contribution in [0.25, 0.3) is 10.9 Å². The number of aromatic nitrogens is 1. The summed E-state index contributed by atoms with van der Waals surface area (Å²) in [5.41, 5.74) is 5.26. The summed E-state index contributed by atoms with van der Waals surface area (Å²) >= 11 is 6.97. The highest BCUT2D eigenvalue weighted by molar-refractivity contribution is 9.25. The third-order valence-corrected chi connectivity index (χ3v) is 6.37. The molecule has 1 atom stereocenters. The minimum atomic E-state index is -0.459. The third-order valence-electron chi connectivity index (χ3n) is 4.06. The van der Waals surface area contributed by atoms with Crippen molar-refractivity contribution in [3.63, 3.8) is 0 Å². The molecule has 0 unspecified atom stereocenters. The number of aryl methyl sites for hydroxylation is 1. The molecule has 1 aromatic carbocycles. The van der Waals surface area contributed by atoms with Crippen LogP contribution in [0.15, 0.2) is 29.4 Å². The molecule has 110 valence electrons. The highest BCUT2D eigenvalue weighted by Gasteiger charge is 2.66. The van der Waals surface area contributed by atoms with E-state index in [1.807, 2.05) is 38.1 Å². The summed E-state index contributed by atoms with van der Waals surface area (Å²) in [7, 11) is 0. The van der Waals surface area contributed by atoms with Gasteiger partial charge in [0.15, 0.2) is 0 Å². The molecule has 1 aromatic heterocycles. The Balaban J connectivity index is 1.77. The predicted octanol–water partition coefficient (Wildman–Crippen LogP) is 3.82. The second-order valence-electron chi connectivity index (χ2n) is 5.62. The number of amides is 1. The smallest absolute Gasteiger partial charge is 0.248 e. The SMILES string of the molecule is Cc1[nH]c2ccccc2c1/C=N/NC(=O)[C@]1(C)CC1(Br)Br. The average molecular weight is 413 g/mol. The Morgan fingerprint density at radius 1 is 1.43 bits per heavy atom. The Morgan fingerprint density at radius 3 is 2.76 bits per heavy atom. The lowest BCUT2D eigenvalue weighted by molar-refractivity contribution is -0.125. The Bertz CT molecular complexity index is 750. The number of hydrogen-bond donors (Lipinski definition) is 2. The fourth-order valence-electron chi connectivity index (χ4n) is 2.39. The molecule has 3 rings (SSSR count). The van der Waals surface area contributed by atoms with Gasteiger partial charge in [-0.1, -0.05) is 50.1 Å². The number of carbonyl (C=O) groups excluding carboxylic acids is 1. The first-order valence-electron chi connectivity index (χ1n) is 6.64. The van der Waals surface area contributed by atoms with Gasteiger partial charge < -0.3 is 4.98 Å². The molecule has 21 heavy (non-hydrogen) atoms. The highest BCUT2D eigenvalue weighted by Crippen LogP contribution is 2.66. The first kappa shape index (κ1) is 14.8. The van der Waals surface area contributed by atoms with Crippen LogP contribution in [-0.2, 0) is 4.79 Å². The minimum Gasteiger partial charge on any atom is -0.358 e. The number of hydrazone groups is 1. The fraction of sp³-hybridized carbons (Fsp3) is 0.333. The summed E-state index contributed by atoms with van der Waals surface area (Å²) < 4.78 is -0.302. The van der Waals surface area contributed by atoms with Crippen molar-refractivity contribution in [2.24, 2.45) is 10.5 Å². The van der Waals surface area contributed by atoms with Gasteiger partial charge in [0.25, 0.3) is 0 Å². The third kappa shape index (κ3) is 2.44. The summed E-state index contributed by atoms with van der Waals surface area (Å²) in [4.78, 5) is 15.4. The molecule has 6 heteroatoms. The van der Waals surface area contributed by atoms with Gasteiger partial charge in [0.1, 0.15) is 0 Å². The number of rotatable bonds is 3. The second kappa shape index (κ2) is 4.95. The highest BCUT2D eigenvalue weighted by atomic mass is 79.9. The quantitative estimate of drug-likeness (QED) is 0.449. The van der Waals surface area contributed by atoms with Crippen LogP contribution in [0.1, 0.15) is 24.6 Å². The standard InChI is InChI=1S/C15H15Br2N3O/c1-9-11(10-5-3-4-6-12(10)19-9)7-18-20-13(21)14(2)8-15(14,16)17/h3-7,19H,8H2,1-2H3,(H,20,21)/b18-7+/t14-/m0/s1. The molecule has 0 aliphatic heterocycles. The molecule has 1 saturated carbocycles. The maximum Gasteiger partial charge on any atom is 0.248 e. The van der Waals surface area contributed by atoms with Gasteiger partial charge >= 0.3 is 0 Å². The first-order valence-corrected chi connectivity index (χ1v) is 8.22. The molecule has 4 nitrogen and oxygen atoms in total. The van der Waals surface area contributed by atoms with Crippen LogP contribution in [0.4, 0.5) is 0 Å². The van der Waals surface area contributed by atoms with Gasteiger partial charge in [-0.05, 0) is 26.3 Å². The summed E-state index contributed by atoms with van der Waals surface area (Å²) in [6.07, 6.45) is 2.44. The van der Waals surface area contributed by atoms with Crippen LogP contribution >= 0.6 is 31.9 Å². The fourth-order valence-corrected chi connectivity index (χ4v) is 3.87. The molecule has 1 amide bonds. The lowest BCUT2D eigenvalue weighted by Crippen LogP contribution is -2.29. The predicted molar refractivity (Wildman–Crippen MR) is 92.1 cm³/mol. The molecule has 0 bridgehead atoms. The van der Waals surface area contributed by atoms with Crippen molar-refractivity contribution in [2.75, 3.05) is 0 Å². The van der Waals surface area contributed by atoms with Crippen molar-refractivity contribution in [3.05, 3.63) is 35.5 Å².